The highest BCUT2D eigenvalue weighted by molar-refractivity contribution is 6.18. The quantitative estimate of drug-likeness (QED) is 0.436. The summed E-state index contributed by atoms with van der Waals surface area (Å²) in [6, 6.07) is 0. The van der Waals surface area contributed by atoms with E-state index in [1.54, 1.807) is 0 Å². The molecule has 0 aromatic rings. The Morgan fingerprint density at radius 3 is 2.22 bits per heavy atom. The van der Waals surface area contributed by atoms with Crippen molar-refractivity contribution in [2.24, 2.45) is 0 Å². The van der Waals surface area contributed by atoms with Crippen LogP contribution in [-0.2, 0) is 8.85 Å². The second-order valence-corrected chi connectivity index (χ2v) is 3.80. The largest absolute Gasteiger partial charge is 0.399 e. The minimum Gasteiger partial charge on any atom is -0.399 e. The molecule has 0 aliphatic heterocycles. The van der Waals surface area contributed by atoms with Gasteiger partial charge < -0.3 is 8.85 Å². The molecule has 0 unspecified atom stereocenters. The normalized spacial score (nSPS) is 13.3. The third-order valence-corrected chi connectivity index (χ3v) is 2.34. The zero-order valence-corrected chi connectivity index (χ0v) is 8.14. The van der Waals surface area contributed by atoms with E-state index in [0.29, 0.717) is 0 Å². The average molecular weight is 148 g/mol. The minimum absolute atomic E-state index is 0.0125. The molecule has 0 atom stereocenters. The van der Waals surface area contributed by atoms with Crippen molar-refractivity contribution in [2.75, 3.05) is 6.61 Å². The van der Waals surface area contributed by atoms with Gasteiger partial charge in [-0.1, -0.05) is 0 Å². The molecule has 0 saturated heterocycles. The Bertz CT molecular complexity index is 67.9. The molecule has 56 valence electrons. The fourth-order valence-electron chi connectivity index (χ4n) is 0.302. The van der Waals surface area contributed by atoms with Gasteiger partial charge in [-0.3, -0.25) is 0 Å². The molecule has 0 bridgehead atoms. The molecular weight excluding hydrogens is 132 g/mol. The summed E-state index contributed by atoms with van der Waals surface area (Å²) in [6.45, 7) is 8.89. The molecule has 9 heavy (non-hydrogen) atoms. The first-order valence-electron chi connectivity index (χ1n) is 3.28. The van der Waals surface area contributed by atoms with Crippen molar-refractivity contribution in [3.63, 3.8) is 0 Å². The topological polar surface area (TPSA) is 18.5 Å². The van der Waals surface area contributed by atoms with Gasteiger partial charge in [0, 0.05) is 12.2 Å². The SMILES string of the molecule is CCO[SiH2]OC(C)(C)C. The van der Waals surface area contributed by atoms with Gasteiger partial charge in [-0.05, 0) is 27.7 Å². The summed E-state index contributed by atoms with van der Waals surface area (Å²) in [5, 5.41) is 0. The lowest BCUT2D eigenvalue weighted by atomic mass is 10.2. The summed E-state index contributed by atoms with van der Waals surface area (Å²) in [5.74, 6) is 0. The van der Waals surface area contributed by atoms with Crippen LogP contribution in [0.25, 0.3) is 0 Å². The fraction of sp³-hybridized carbons (Fsp3) is 1.00. The molecule has 0 saturated carbocycles. The Morgan fingerprint density at radius 2 is 1.89 bits per heavy atom. The number of hydrogen-bond acceptors (Lipinski definition) is 2. The van der Waals surface area contributed by atoms with E-state index in [2.05, 4.69) is 0 Å². The van der Waals surface area contributed by atoms with Crippen molar-refractivity contribution in [1.82, 2.24) is 0 Å². The standard InChI is InChI=1S/C6H16O2Si/c1-5-7-9-8-6(2,3)4/h5,9H2,1-4H3. The first kappa shape index (κ1) is 9.14. The lowest BCUT2D eigenvalue weighted by Crippen LogP contribution is -2.23. The maximum atomic E-state index is 5.39. The van der Waals surface area contributed by atoms with Gasteiger partial charge in [0.25, 0.3) is 0 Å². The second kappa shape index (κ2) is 4.03. The molecule has 2 nitrogen and oxygen atoms in total. The maximum absolute atomic E-state index is 5.39. The molecule has 0 radical (unpaired) electrons. The van der Waals surface area contributed by atoms with Crippen molar-refractivity contribution < 1.29 is 8.85 Å². The van der Waals surface area contributed by atoms with E-state index in [-0.39, 0.29) is 5.60 Å². The summed E-state index contributed by atoms with van der Waals surface area (Å²) < 4.78 is 10.5. The summed E-state index contributed by atoms with van der Waals surface area (Å²) >= 11 is 0. The number of hydrogen-bond donors (Lipinski definition) is 0. The predicted molar refractivity (Wildman–Crippen MR) is 41.0 cm³/mol. The molecule has 0 rings (SSSR count). The van der Waals surface area contributed by atoms with Crippen LogP contribution in [0.4, 0.5) is 0 Å². The lowest BCUT2D eigenvalue weighted by Gasteiger charge is -2.18. The summed E-state index contributed by atoms with van der Waals surface area (Å²) in [4.78, 5) is 0. The zero-order valence-electron chi connectivity index (χ0n) is 6.73. The Balaban J connectivity index is 3.07. The third kappa shape index (κ3) is 8.14. The fourth-order valence-corrected chi connectivity index (χ4v) is 0.905. The van der Waals surface area contributed by atoms with Crippen LogP contribution in [0.2, 0.25) is 0 Å². The molecule has 0 spiro atoms. The van der Waals surface area contributed by atoms with Crippen LogP contribution in [0.3, 0.4) is 0 Å². The molecule has 0 amide bonds. The van der Waals surface area contributed by atoms with Gasteiger partial charge >= 0.3 is 10.0 Å². The van der Waals surface area contributed by atoms with Gasteiger partial charge in [0.05, 0.1) is 0 Å². The first-order chi connectivity index (χ1) is 4.06. The van der Waals surface area contributed by atoms with Crippen molar-refractivity contribution in [3.8, 4) is 0 Å². The van der Waals surface area contributed by atoms with E-state index in [4.69, 9.17) is 8.85 Å². The van der Waals surface area contributed by atoms with Crippen LogP contribution in [-0.4, -0.2) is 22.2 Å². The van der Waals surface area contributed by atoms with Gasteiger partial charge in [-0.25, -0.2) is 0 Å². The molecule has 0 aliphatic carbocycles. The van der Waals surface area contributed by atoms with Gasteiger partial charge in [0.15, 0.2) is 0 Å². The van der Waals surface area contributed by atoms with Crippen molar-refractivity contribution in [3.05, 3.63) is 0 Å². The Labute approximate surface area is 59.6 Å². The van der Waals surface area contributed by atoms with E-state index in [1.165, 1.54) is 0 Å². The molecule has 0 fully saturated rings. The average Bonchev–Trinajstić information content (AvgIpc) is 1.63. The van der Waals surface area contributed by atoms with Gasteiger partial charge in [-0.15, -0.1) is 0 Å². The summed E-state index contributed by atoms with van der Waals surface area (Å²) in [7, 11) is -0.693. The van der Waals surface area contributed by atoms with Crippen LogP contribution in [0.5, 0.6) is 0 Å². The highest BCUT2D eigenvalue weighted by Crippen LogP contribution is 2.04. The summed E-state index contributed by atoms with van der Waals surface area (Å²) in [5.41, 5.74) is -0.0125. The van der Waals surface area contributed by atoms with Gasteiger partial charge in [0.2, 0.25) is 0 Å². The molecule has 0 heterocycles. The molecule has 0 N–H and O–H groups in total. The highest BCUT2D eigenvalue weighted by atomic mass is 28.3. The molecule has 0 aromatic heterocycles. The van der Waals surface area contributed by atoms with Crippen molar-refractivity contribution in [1.29, 1.82) is 0 Å². The third-order valence-electron chi connectivity index (χ3n) is 0.779. The van der Waals surface area contributed by atoms with Crippen molar-refractivity contribution in [2.45, 2.75) is 33.3 Å². The lowest BCUT2D eigenvalue weighted by molar-refractivity contribution is 0.101. The monoisotopic (exact) mass is 148 g/mol. The van der Waals surface area contributed by atoms with Crippen LogP contribution in [0.15, 0.2) is 0 Å². The maximum Gasteiger partial charge on any atom is 0.304 e. The molecule has 3 heteroatoms. The Kier molecular flexibility index (Phi) is 4.09. The first-order valence-corrected chi connectivity index (χ1v) is 4.43. The van der Waals surface area contributed by atoms with Crippen LogP contribution in [0, 0.1) is 0 Å². The molecular formula is C6H16O2Si. The predicted octanol–water partition coefficient (Wildman–Crippen LogP) is 0.837. The minimum atomic E-state index is -0.693. The molecule has 0 aliphatic rings. The van der Waals surface area contributed by atoms with Crippen molar-refractivity contribution >= 4 is 10.0 Å². The molecule has 0 aromatic carbocycles. The highest BCUT2D eigenvalue weighted by Gasteiger charge is 2.08. The zero-order chi connectivity index (χ0) is 7.33. The smallest absolute Gasteiger partial charge is 0.304 e. The van der Waals surface area contributed by atoms with Crippen LogP contribution in [0.1, 0.15) is 27.7 Å². The van der Waals surface area contributed by atoms with Gasteiger partial charge in [-0.2, -0.15) is 0 Å². The van der Waals surface area contributed by atoms with E-state index in [1.807, 2.05) is 27.7 Å². The Hall–Kier alpha value is 0.137. The van der Waals surface area contributed by atoms with E-state index >= 15 is 0 Å². The van der Waals surface area contributed by atoms with Gasteiger partial charge in [0.1, 0.15) is 0 Å². The second-order valence-electron chi connectivity index (χ2n) is 2.87. The summed E-state index contributed by atoms with van der Waals surface area (Å²) in [6.07, 6.45) is 0. The van der Waals surface area contributed by atoms with E-state index in [9.17, 15) is 0 Å². The van der Waals surface area contributed by atoms with E-state index < -0.39 is 10.0 Å². The van der Waals surface area contributed by atoms with Crippen LogP contribution < -0.4 is 0 Å². The Morgan fingerprint density at radius 1 is 1.33 bits per heavy atom. The van der Waals surface area contributed by atoms with E-state index in [0.717, 1.165) is 6.61 Å². The van der Waals surface area contributed by atoms with Crippen LogP contribution >= 0.6 is 0 Å². The number of rotatable bonds is 3.